The number of benzene rings is 1. The molecule has 0 amide bonds. The summed E-state index contributed by atoms with van der Waals surface area (Å²) in [6.07, 6.45) is 8.43. The van der Waals surface area contributed by atoms with Gasteiger partial charge < -0.3 is 4.90 Å². The van der Waals surface area contributed by atoms with Crippen molar-refractivity contribution >= 4 is 15.9 Å². The molecule has 1 aromatic carbocycles. The summed E-state index contributed by atoms with van der Waals surface area (Å²) in [7, 11) is 0. The Hall–Kier alpha value is -0.380. The Kier molecular flexibility index (Phi) is 5.73. The van der Waals surface area contributed by atoms with Crippen LogP contribution in [0.4, 0.5) is 0 Å². The Balaban J connectivity index is 1.48. The molecule has 1 aromatic rings. The van der Waals surface area contributed by atoms with Crippen LogP contribution in [0.25, 0.3) is 0 Å². The van der Waals surface area contributed by atoms with Crippen molar-refractivity contribution in [1.82, 2.24) is 9.80 Å². The van der Waals surface area contributed by atoms with Crippen LogP contribution in [0.5, 0.6) is 0 Å². The molecule has 0 unspecified atom stereocenters. The highest BCUT2D eigenvalue weighted by molar-refractivity contribution is 9.10. The zero-order chi connectivity index (χ0) is 14.5. The first-order valence-corrected chi connectivity index (χ1v) is 9.31. The van der Waals surface area contributed by atoms with Gasteiger partial charge in [0.2, 0.25) is 0 Å². The molecule has 0 bridgehead atoms. The van der Waals surface area contributed by atoms with Gasteiger partial charge in [0, 0.05) is 17.1 Å². The first kappa shape index (κ1) is 15.5. The van der Waals surface area contributed by atoms with E-state index in [1.165, 1.54) is 74.7 Å². The molecule has 0 saturated carbocycles. The average Bonchev–Trinajstić information content (AvgIpc) is 2.77. The normalized spacial score (nSPS) is 23.1. The van der Waals surface area contributed by atoms with Crippen molar-refractivity contribution in [3.05, 3.63) is 34.3 Å². The van der Waals surface area contributed by atoms with Crippen molar-refractivity contribution in [2.24, 2.45) is 0 Å². The van der Waals surface area contributed by atoms with E-state index in [4.69, 9.17) is 0 Å². The first-order chi connectivity index (χ1) is 10.3. The third-order valence-electron chi connectivity index (χ3n) is 5.01. The summed E-state index contributed by atoms with van der Waals surface area (Å²) in [5, 5.41) is 0. The van der Waals surface area contributed by atoms with E-state index < -0.39 is 0 Å². The van der Waals surface area contributed by atoms with Gasteiger partial charge in [-0.1, -0.05) is 40.9 Å². The molecule has 2 heterocycles. The fourth-order valence-corrected chi connectivity index (χ4v) is 4.24. The third kappa shape index (κ3) is 4.54. The van der Waals surface area contributed by atoms with E-state index in [0.717, 1.165) is 12.6 Å². The molecular weight excluding hydrogens is 324 g/mol. The monoisotopic (exact) mass is 350 g/mol. The molecule has 2 nitrogen and oxygen atoms in total. The second kappa shape index (κ2) is 7.75. The minimum atomic E-state index is 0.849. The molecule has 116 valence electrons. The molecule has 2 saturated heterocycles. The smallest absolute Gasteiger partial charge is 0.0234 e. The van der Waals surface area contributed by atoms with Gasteiger partial charge in [-0.15, -0.1) is 0 Å². The Morgan fingerprint density at radius 2 is 1.67 bits per heavy atom. The van der Waals surface area contributed by atoms with Crippen molar-refractivity contribution < 1.29 is 0 Å². The van der Waals surface area contributed by atoms with Gasteiger partial charge in [0.05, 0.1) is 0 Å². The molecule has 3 heteroatoms. The molecule has 0 spiro atoms. The molecule has 3 rings (SSSR count). The molecular formula is C18H27BrN2. The predicted octanol–water partition coefficient (Wildman–Crippen LogP) is 4.29. The summed E-state index contributed by atoms with van der Waals surface area (Å²) in [5.41, 5.74) is 1.43. The van der Waals surface area contributed by atoms with Crippen LogP contribution in [0.2, 0.25) is 0 Å². The van der Waals surface area contributed by atoms with Crippen LogP contribution in [0.15, 0.2) is 28.7 Å². The van der Waals surface area contributed by atoms with Crippen LogP contribution in [-0.4, -0.2) is 42.0 Å². The van der Waals surface area contributed by atoms with Crippen molar-refractivity contribution in [2.45, 2.75) is 51.1 Å². The van der Waals surface area contributed by atoms with E-state index in [-0.39, 0.29) is 0 Å². The highest BCUT2D eigenvalue weighted by Gasteiger charge is 2.24. The van der Waals surface area contributed by atoms with E-state index in [2.05, 4.69) is 50.0 Å². The van der Waals surface area contributed by atoms with Gasteiger partial charge in [0.25, 0.3) is 0 Å². The summed E-state index contributed by atoms with van der Waals surface area (Å²) < 4.78 is 1.19. The second-order valence-corrected chi connectivity index (χ2v) is 7.50. The lowest BCUT2D eigenvalue weighted by Gasteiger charge is -2.38. The Labute approximate surface area is 137 Å². The van der Waals surface area contributed by atoms with Crippen molar-refractivity contribution in [3.8, 4) is 0 Å². The van der Waals surface area contributed by atoms with E-state index in [9.17, 15) is 0 Å². The van der Waals surface area contributed by atoms with Crippen LogP contribution in [0.3, 0.4) is 0 Å². The number of likely N-dealkylation sites (tertiary alicyclic amines) is 2. The van der Waals surface area contributed by atoms with Gasteiger partial charge in [-0.05, 0) is 69.6 Å². The highest BCUT2D eigenvalue weighted by Crippen LogP contribution is 2.22. The van der Waals surface area contributed by atoms with Gasteiger partial charge in [0.15, 0.2) is 0 Å². The Morgan fingerprint density at radius 1 is 0.952 bits per heavy atom. The lowest BCUT2D eigenvalue weighted by Crippen LogP contribution is -2.45. The predicted molar refractivity (Wildman–Crippen MR) is 92.5 cm³/mol. The fraction of sp³-hybridized carbons (Fsp3) is 0.667. The minimum absolute atomic E-state index is 0.849. The van der Waals surface area contributed by atoms with Gasteiger partial charge in [0.1, 0.15) is 0 Å². The largest absolute Gasteiger partial charge is 0.300 e. The molecule has 21 heavy (non-hydrogen) atoms. The molecule has 0 atom stereocenters. The Bertz CT molecular complexity index is 433. The van der Waals surface area contributed by atoms with Crippen LogP contribution >= 0.6 is 15.9 Å². The fourth-order valence-electron chi connectivity index (χ4n) is 3.80. The summed E-state index contributed by atoms with van der Waals surface area (Å²) in [6, 6.07) is 9.59. The zero-order valence-electron chi connectivity index (χ0n) is 12.9. The number of hydrogen-bond donors (Lipinski definition) is 0. The summed E-state index contributed by atoms with van der Waals surface area (Å²) in [4.78, 5) is 5.40. The van der Waals surface area contributed by atoms with Crippen LogP contribution in [0, 0.1) is 0 Å². The van der Waals surface area contributed by atoms with E-state index in [1.54, 1.807) is 0 Å². The van der Waals surface area contributed by atoms with Gasteiger partial charge >= 0.3 is 0 Å². The van der Waals surface area contributed by atoms with E-state index in [0.29, 0.717) is 0 Å². The number of nitrogens with zero attached hydrogens (tertiary/aromatic N) is 2. The number of rotatable bonds is 3. The number of halogens is 1. The van der Waals surface area contributed by atoms with Gasteiger partial charge in [-0.3, -0.25) is 4.90 Å². The topological polar surface area (TPSA) is 6.48 Å². The Morgan fingerprint density at radius 3 is 2.33 bits per heavy atom. The summed E-state index contributed by atoms with van der Waals surface area (Å²) in [6.45, 7) is 6.31. The van der Waals surface area contributed by atoms with Crippen molar-refractivity contribution in [3.63, 3.8) is 0 Å². The molecule has 2 fully saturated rings. The lowest BCUT2D eigenvalue weighted by atomic mass is 10.0. The second-order valence-electron chi connectivity index (χ2n) is 6.59. The lowest BCUT2D eigenvalue weighted by molar-refractivity contribution is 0.107. The molecule has 0 aliphatic carbocycles. The maximum atomic E-state index is 3.57. The highest BCUT2D eigenvalue weighted by atomic mass is 79.9. The third-order valence-corrected chi connectivity index (χ3v) is 5.50. The van der Waals surface area contributed by atoms with Gasteiger partial charge in [-0.25, -0.2) is 0 Å². The molecule has 2 aliphatic rings. The van der Waals surface area contributed by atoms with Crippen molar-refractivity contribution in [2.75, 3.05) is 26.2 Å². The first-order valence-electron chi connectivity index (χ1n) is 8.52. The molecule has 0 N–H and O–H groups in total. The number of hydrogen-bond acceptors (Lipinski definition) is 2. The van der Waals surface area contributed by atoms with Crippen LogP contribution < -0.4 is 0 Å². The average molecular weight is 351 g/mol. The van der Waals surface area contributed by atoms with Gasteiger partial charge in [-0.2, -0.15) is 0 Å². The summed E-state index contributed by atoms with van der Waals surface area (Å²) >= 11 is 3.57. The standard InChI is InChI=1S/C18H27BrN2/c19-17-7-5-6-16(14-17)15-20-12-8-18(9-13-20)21-10-3-1-2-4-11-21/h5-7,14,18H,1-4,8-13,15H2. The SMILES string of the molecule is Brc1cccc(CN2CCC(N3CCCCCC3)CC2)c1. The van der Waals surface area contributed by atoms with Crippen LogP contribution in [-0.2, 0) is 6.54 Å². The van der Waals surface area contributed by atoms with E-state index >= 15 is 0 Å². The van der Waals surface area contributed by atoms with Crippen LogP contribution in [0.1, 0.15) is 44.1 Å². The molecule has 2 aliphatic heterocycles. The minimum Gasteiger partial charge on any atom is -0.300 e. The van der Waals surface area contributed by atoms with Crippen molar-refractivity contribution in [1.29, 1.82) is 0 Å². The van der Waals surface area contributed by atoms with E-state index in [1.807, 2.05) is 0 Å². The summed E-state index contributed by atoms with van der Waals surface area (Å²) in [5.74, 6) is 0. The molecule has 0 aromatic heterocycles. The maximum Gasteiger partial charge on any atom is 0.0234 e. The quantitative estimate of drug-likeness (QED) is 0.802. The number of piperidine rings is 1. The molecule has 0 radical (unpaired) electrons. The zero-order valence-corrected chi connectivity index (χ0v) is 14.5. The maximum absolute atomic E-state index is 3.57.